The first kappa shape index (κ1) is 21.5. The van der Waals surface area contributed by atoms with Gasteiger partial charge in [0.05, 0.1) is 6.61 Å². The fourth-order valence-electron chi connectivity index (χ4n) is 2.09. The average Bonchev–Trinajstić information content (AvgIpc) is 2.54. The van der Waals surface area contributed by atoms with Gasteiger partial charge in [0.15, 0.2) is 0 Å². The predicted molar refractivity (Wildman–Crippen MR) is 99.8 cm³/mol. The Morgan fingerprint density at radius 2 is 1.88 bits per heavy atom. The molecule has 1 aromatic carbocycles. The number of nitrogens with one attached hydrogen (secondary N) is 1. The first-order valence-corrected chi connectivity index (χ1v) is 8.97. The zero-order valence-electron chi connectivity index (χ0n) is 16.2. The van der Waals surface area contributed by atoms with Crippen LogP contribution in [0.5, 0.6) is 5.75 Å². The van der Waals surface area contributed by atoms with Crippen LogP contribution in [0.2, 0.25) is 0 Å². The average molecular weight is 351 g/mol. The minimum absolute atomic E-state index is 0.0464. The summed E-state index contributed by atoms with van der Waals surface area (Å²) in [7, 11) is 0. The molecule has 1 atom stereocenters. The number of aliphatic hydroxyl groups excluding tert-OH is 1. The van der Waals surface area contributed by atoms with Crippen molar-refractivity contribution < 1.29 is 19.4 Å². The van der Waals surface area contributed by atoms with Crippen molar-refractivity contribution >= 4 is 5.97 Å². The molecule has 25 heavy (non-hydrogen) atoms. The molecule has 1 aromatic rings. The van der Waals surface area contributed by atoms with Gasteiger partial charge < -0.3 is 19.9 Å². The van der Waals surface area contributed by atoms with Crippen LogP contribution in [0.4, 0.5) is 0 Å². The van der Waals surface area contributed by atoms with Gasteiger partial charge in [-0.3, -0.25) is 4.79 Å². The van der Waals surface area contributed by atoms with Crippen LogP contribution in [-0.2, 0) is 16.0 Å². The van der Waals surface area contributed by atoms with Crippen LogP contribution >= 0.6 is 0 Å². The number of aryl methyl sites for hydroxylation is 1. The number of para-hydroxylation sites is 1. The standard InChI is InChI=1S/C20H33NO4/c1-15(2)13-25-19(23)11-10-16-8-6-7-9-18(16)24-14-17(22)12-21-20(3,4)5/h6-9,15,17,21-22H,10-14H2,1-5H3. The fourth-order valence-corrected chi connectivity index (χ4v) is 2.09. The quantitative estimate of drug-likeness (QED) is 0.635. The van der Waals surface area contributed by atoms with Crippen molar-refractivity contribution in [3.63, 3.8) is 0 Å². The van der Waals surface area contributed by atoms with Gasteiger partial charge in [-0.2, -0.15) is 0 Å². The Hall–Kier alpha value is -1.59. The van der Waals surface area contributed by atoms with Gasteiger partial charge in [0.1, 0.15) is 18.5 Å². The second-order valence-electron chi connectivity index (χ2n) is 7.78. The van der Waals surface area contributed by atoms with Gasteiger partial charge in [0.25, 0.3) is 0 Å². The number of esters is 1. The number of ether oxygens (including phenoxy) is 2. The van der Waals surface area contributed by atoms with Crippen molar-refractivity contribution in [1.82, 2.24) is 5.32 Å². The summed E-state index contributed by atoms with van der Waals surface area (Å²) >= 11 is 0. The maximum absolute atomic E-state index is 11.8. The smallest absolute Gasteiger partial charge is 0.306 e. The maximum atomic E-state index is 11.8. The fraction of sp³-hybridized carbons (Fsp3) is 0.650. The topological polar surface area (TPSA) is 67.8 Å². The lowest BCUT2D eigenvalue weighted by Gasteiger charge is -2.23. The highest BCUT2D eigenvalue weighted by atomic mass is 16.5. The van der Waals surface area contributed by atoms with Crippen molar-refractivity contribution in [3.05, 3.63) is 29.8 Å². The molecule has 0 spiro atoms. The third-order valence-electron chi connectivity index (χ3n) is 3.45. The number of benzene rings is 1. The van der Waals surface area contributed by atoms with E-state index in [1.165, 1.54) is 0 Å². The van der Waals surface area contributed by atoms with Gasteiger partial charge in [0, 0.05) is 18.5 Å². The summed E-state index contributed by atoms with van der Waals surface area (Å²) in [6.07, 6.45) is 0.285. The predicted octanol–water partition coefficient (Wildman–Crippen LogP) is 2.95. The lowest BCUT2D eigenvalue weighted by Crippen LogP contribution is -2.42. The van der Waals surface area contributed by atoms with Crippen LogP contribution in [-0.4, -0.2) is 42.5 Å². The molecular weight excluding hydrogens is 318 g/mol. The highest BCUT2D eigenvalue weighted by Crippen LogP contribution is 2.20. The van der Waals surface area contributed by atoms with Gasteiger partial charge in [-0.1, -0.05) is 32.0 Å². The molecule has 0 aliphatic carbocycles. The molecule has 0 saturated heterocycles. The summed E-state index contributed by atoms with van der Waals surface area (Å²) in [5.74, 6) is 0.842. The van der Waals surface area contributed by atoms with Crippen molar-refractivity contribution in [2.45, 2.75) is 59.1 Å². The Labute approximate surface area is 151 Å². The highest BCUT2D eigenvalue weighted by molar-refractivity contribution is 5.69. The number of carbonyl (C=O) groups is 1. The second-order valence-corrected chi connectivity index (χ2v) is 7.78. The molecule has 0 aromatic heterocycles. The Balaban J connectivity index is 2.46. The van der Waals surface area contributed by atoms with Crippen molar-refractivity contribution in [3.8, 4) is 5.75 Å². The zero-order valence-corrected chi connectivity index (χ0v) is 16.2. The summed E-state index contributed by atoms with van der Waals surface area (Å²) in [4.78, 5) is 11.8. The molecule has 0 radical (unpaired) electrons. The van der Waals surface area contributed by atoms with E-state index in [1.807, 2.05) is 58.9 Å². The largest absolute Gasteiger partial charge is 0.491 e. The summed E-state index contributed by atoms with van der Waals surface area (Å²) < 4.78 is 11.0. The van der Waals surface area contributed by atoms with Gasteiger partial charge in [-0.15, -0.1) is 0 Å². The Bertz CT molecular complexity index is 523. The minimum Gasteiger partial charge on any atom is -0.491 e. The van der Waals surface area contributed by atoms with E-state index in [0.717, 1.165) is 5.56 Å². The molecule has 0 bridgehead atoms. The van der Waals surface area contributed by atoms with Gasteiger partial charge in [0.2, 0.25) is 0 Å². The number of rotatable bonds is 10. The van der Waals surface area contributed by atoms with E-state index in [4.69, 9.17) is 9.47 Å². The lowest BCUT2D eigenvalue weighted by molar-refractivity contribution is -0.144. The van der Waals surface area contributed by atoms with E-state index in [2.05, 4.69) is 5.32 Å². The maximum Gasteiger partial charge on any atom is 0.306 e. The third kappa shape index (κ3) is 10.1. The van der Waals surface area contributed by atoms with Gasteiger partial charge in [-0.05, 0) is 44.7 Å². The summed E-state index contributed by atoms with van der Waals surface area (Å²) in [6.45, 7) is 11.3. The molecular formula is C20H33NO4. The zero-order chi connectivity index (χ0) is 18.9. The molecule has 0 saturated carbocycles. The molecule has 1 unspecified atom stereocenters. The molecule has 1 rings (SSSR count). The van der Waals surface area contributed by atoms with Crippen LogP contribution < -0.4 is 10.1 Å². The van der Waals surface area contributed by atoms with E-state index in [0.29, 0.717) is 37.7 Å². The van der Waals surface area contributed by atoms with E-state index in [9.17, 15) is 9.90 Å². The van der Waals surface area contributed by atoms with Crippen LogP contribution in [0.25, 0.3) is 0 Å². The van der Waals surface area contributed by atoms with Crippen molar-refractivity contribution in [1.29, 1.82) is 0 Å². The van der Waals surface area contributed by atoms with Crippen LogP contribution in [0.15, 0.2) is 24.3 Å². The van der Waals surface area contributed by atoms with Gasteiger partial charge in [-0.25, -0.2) is 0 Å². The minimum atomic E-state index is -0.594. The number of hydrogen-bond donors (Lipinski definition) is 2. The molecule has 0 aliphatic heterocycles. The monoisotopic (exact) mass is 351 g/mol. The highest BCUT2D eigenvalue weighted by Gasteiger charge is 2.14. The summed E-state index contributed by atoms with van der Waals surface area (Å²) in [5, 5.41) is 13.3. The number of β-amino-alcohol motifs (C(OH)–C–C–N with tert-alkyl or cyclic N) is 1. The molecule has 0 heterocycles. The second kappa shape index (κ2) is 10.4. The number of hydrogen-bond acceptors (Lipinski definition) is 5. The summed E-state index contributed by atoms with van der Waals surface area (Å²) in [6, 6.07) is 7.60. The first-order valence-electron chi connectivity index (χ1n) is 8.97. The molecule has 5 heteroatoms. The van der Waals surface area contributed by atoms with E-state index >= 15 is 0 Å². The first-order chi connectivity index (χ1) is 11.7. The van der Waals surface area contributed by atoms with Crippen LogP contribution in [0.1, 0.15) is 46.6 Å². The number of carbonyl (C=O) groups excluding carboxylic acids is 1. The molecule has 142 valence electrons. The van der Waals surface area contributed by atoms with Crippen LogP contribution in [0.3, 0.4) is 0 Å². The van der Waals surface area contributed by atoms with E-state index in [1.54, 1.807) is 0 Å². The summed E-state index contributed by atoms with van der Waals surface area (Å²) in [5.41, 5.74) is 0.898. The molecule has 5 nitrogen and oxygen atoms in total. The van der Waals surface area contributed by atoms with E-state index in [-0.39, 0.29) is 18.1 Å². The van der Waals surface area contributed by atoms with Crippen LogP contribution in [0, 0.1) is 5.92 Å². The Morgan fingerprint density at radius 3 is 2.52 bits per heavy atom. The SMILES string of the molecule is CC(C)COC(=O)CCc1ccccc1OCC(O)CNC(C)(C)C. The number of aliphatic hydroxyl groups is 1. The van der Waals surface area contributed by atoms with Gasteiger partial charge >= 0.3 is 5.97 Å². The van der Waals surface area contributed by atoms with E-state index < -0.39 is 6.10 Å². The lowest BCUT2D eigenvalue weighted by atomic mass is 10.1. The molecule has 0 fully saturated rings. The molecule has 2 N–H and O–H groups in total. The van der Waals surface area contributed by atoms with Crippen molar-refractivity contribution in [2.24, 2.45) is 5.92 Å². The normalized spacial score (nSPS) is 12.9. The molecule has 0 amide bonds. The third-order valence-corrected chi connectivity index (χ3v) is 3.45. The Kier molecular flexibility index (Phi) is 8.93. The Morgan fingerprint density at radius 1 is 1.20 bits per heavy atom. The molecule has 0 aliphatic rings. The van der Waals surface area contributed by atoms with Crippen molar-refractivity contribution in [2.75, 3.05) is 19.8 Å².